The molecule has 0 spiro atoms. The monoisotopic (exact) mass is 285 g/mol. The third-order valence-electron chi connectivity index (χ3n) is 2.58. The minimum Gasteiger partial charge on any atom is -0.351 e. The molecule has 6 nitrogen and oxygen atoms in total. The van der Waals surface area contributed by atoms with Crippen LogP contribution in [0.2, 0.25) is 0 Å². The Bertz CT molecular complexity index is 536. The van der Waals surface area contributed by atoms with E-state index < -0.39 is 16.1 Å². The number of carbonyl (C=O) groups is 1. The Balaban J connectivity index is 2.75. The summed E-state index contributed by atoms with van der Waals surface area (Å²) in [5, 5.41) is 2.66. The van der Waals surface area contributed by atoms with Crippen molar-refractivity contribution in [1.29, 1.82) is 0 Å². The minimum absolute atomic E-state index is 0.222. The van der Waals surface area contributed by atoms with Crippen LogP contribution in [0, 0.1) is 0 Å². The van der Waals surface area contributed by atoms with Gasteiger partial charge in [0.1, 0.15) is 0 Å². The van der Waals surface area contributed by atoms with E-state index in [9.17, 15) is 13.2 Å². The van der Waals surface area contributed by atoms with Crippen LogP contribution >= 0.6 is 0 Å². The van der Waals surface area contributed by atoms with Crippen molar-refractivity contribution in [2.45, 2.75) is 24.4 Å². The lowest BCUT2D eigenvalue weighted by atomic mass is 10.2. The van der Waals surface area contributed by atoms with E-state index >= 15 is 0 Å². The molecule has 0 aromatic heterocycles. The lowest BCUT2D eigenvalue weighted by Crippen LogP contribution is -2.37. The number of hydrogen-bond donors (Lipinski definition) is 2. The summed E-state index contributed by atoms with van der Waals surface area (Å²) < 4.78 is 24.8. The molecular formula is C12H19N3O3S. The van der Waals surface area contributed by atoms with E-state index in [0.717, 1.165) is 9.87 Å². The Morgan fingerprint density at radius 3 is 2.26 bits per heavy atom. The molecule has 7 heteroatoms. The van der Waals surface area contributed by atoms with Gasteiger partial charge in [-0.05, 0) is 24.6 Å². The summed E-state index contributed by atoms with van der Waals surface area (Å²) in [7, 11) is -0.456. The highest BCUT2D eigenvalue weighted by Crippen LogP contribution is 2.13. The first-order chi connectivity index (χ1) is 8.75. The van der Waals surface area contributed by atoms with Crippen LogP contribution in [-0.2, 0) is 21.4 Å². The molecule has 1 rings (SSSR count). The van der Waals surface area contributed by atoms with Gasteiger partial charge in [0, 0.05) is 20.6 Å². The number of amides is 1. The molecule has 1 aromatic rings. The molecule has 1 aromatic carbocycles. The van der Waals surface area contributed by atoms with Crippen LogP contribution in [0.4, 0.5) is 0 Å². The van der Waals surface area contributed by atoms with Crippen LogP contribution in [-0.4, -0.2) is 38.8 Å². The van der Waals surface area contributed by atoms with Gasteiger partial charge in [0.25, 0.3) is 0 Å². The molecule has 0 heterocycles. The number of nitrogens with two attached hydrogens (primary N) is 1. The lowest BCUT2D eigenvalue weighted by Gasteiger charge is -2.12. The number of nitrogens with zero attached hydrogens (tertiary/aromatic N) is 1. The summed E-state index contributed by atoms with van der Waals surface area (Å²) >= 11 is 0. The highest BCUT2D eigenvalue weighted by atomic mass is 32.2. The summed E-state index contributed by atoms with van der Waals surface area (Å²) in [6.07, 6.45) is 0. The number of nitrogens with one attached hydrogen (secondary N) is 1. The van der Waals surface area contributed by atoms with Gasteiger partial charge >= 0.3 is 0 Å². The summed E-state index contributed by atoms with van der Waals surface area (Å²) in [6, 6.07) is 5.80. The molecule has 19 heavy (non-hydrogen) atoms. The second-order valence-corrected chi connectivity index (χ2v) is 6.59. The van der Waals surface area contributed by atoms with Gasteiger partial charge in [-0.2, -0.15) is 0 Å². The number of hydrogen-bond acceptors (Lipinski definition) is 4. The quantitative estimate of drug-likeness (QED) is 0.790. The smallest absolute Gasteiger partial charge is 0.242 e. The van der Waals surface area contributed by atoms with Crippen LogP contribution in [0.25, 0.3) is 0 Å². The van der Waals surface area contributed by atoms with Crippen molar-refractivity contribution >= 4 is 15.9 Å². The van der Waals surface area contributed by atoms with E-state index in [4.69, 9.17) is 5.73 Å². The summed E-state index contributed by atoms with van der Waals surface area (Å²) in [5.74, 6) is -0.245. The Morgan fingerprint density at radius 1 is 1.32 bits per heavy atom. The molecule has 0 saturated carbocycles. The zero-order valence-corrected chi connectivity index (χ0v) is 12.1. The van der Waals surface area contributed by atoms with Gasteiger partial charge in [-0.3, -0.25) is 4.79 Å². The number of benzene rings is 1. The maximum Gasteiger partial charge on any atom is 0.242 e. The average Bonchev–Trinajstić information content (AvgIpc) is 2.36. The Morgan fingerprint density at radius 2 is 1.84 bits per heavy atom. The third-order valence-corrected chi connectivity index (χ3v) is 4.41. The second kappa shape index (κ2) is 6.14. The largest absolute Gasteiger partial charge is 0.351 e. The van der Waals surface area contributed by atoms with Crippen LogP contribution < -0.4 is 11.1 Å². The minimum atomic E-state index is -3.41. The molecule has 0 saturated heterocycles. The molecule has 1 amide bonds. The van der Waals surface area contributed by atoms with Crippen LogP contribution in [0.5, 0.6) is 0 Å². The van der Waals surface area contributed by atoms with Crippen molar-refractivity contribution in [3.8, 4) is 0 Å². The van der Waals surface area contributed by atoms with Crippen LogP contribution in [0.1, 0.15) is 12.5 Å². The molecule has 0 fully saturated rings. The first-order valence-electron chi connectivity index (χ1n) is 5.80. The van der Waals surface area contributed by atoms with E-state index in [1.165, 1.54) is 26.2 Å². The zero-order valence-electron chi connectivity index (χ0n) is 11.3. The van der Waals surface area contributed by atoms with Gasteiger partial charge in [0.15, 0.2) is 0 Å². The first-order valence-corrected chi connectivity index (χ1v) is 7.24. The molecule has 0 radical (unpaired) electrons. The van der Waals surface area contributed by atoms with Crippen molar-refractivity contribution in [3.63, 3.8) is 0 Å². The highest BCUT2D eigenvalue weighted by molar-refractivity contribution is 7.89. The Hall–Kier alpha value is -1.44. The first kappa shape index (κ1) is 15.6. The number of sulfonamides is 1. The summed E-state index contributed by atoms with van der Waals surface area (Å²) in [5.41, 5.74) is 6.23. The van der Waals surface area contributed by atoms with E-state index in [0.29, 0.717) is 6.54 Å². The van der Waals surface area contributed by atoms with Crippen molar-refractivity contribution in [2.75, 3.05) is 14.1 Å². The predicted molar refractivity (Wildman–Crippen MR) is 72.8 cm³/mol. The van der Waals surface area contributed by atoms with Crippen molar-refractivity contribution in [1.82, 2.24) is 9.62 Å². The second-order valence-electron chi connectivity index (χ2n) is 4.44. The Kier molecular flexibility index (Phi) is 5.04. The molecule has 0 aliphatic rings. The standard InChI is InChI=1S/C12H19N3O3S/c1-9(13)12(16)14-8-10-4-6-11(7-5-10)19(17,18)15(2)3/h4-7,9H,8,13H2,1-3H3,(H,14,16)/t9-/m0/s1. The normalized spacial score (nSPS) is 13.3. The Labute approximate surface area is 113 Å². The molecule has 0 bridgehead atoms. The number of carbonyl (C=O) groups excluding carboxylic acids is 1. The van der Waals surface area contributed by atoms with Crippen molar-refractivity contribution < 1.29 is 13.2 Å². The molecule has 1 atom stereocenters. The van der Waals surface area contributed by atoms with Gasteiger partial charge in [-0.15, -0.1) is 0 Å². The highest BCUT2D eigenvalue weighted by Gasteiger charge is 2.16. The van der Waals surface area contributed by atoms with Gasteiger partial charge in [0.2, 0.25) is 15.9 Å². The van der Waals surface area contributed by atoms with Gasteiger partial charge in [0.05, 0.1) is 10.9 Å². The predicted octanol–water partition coefficient (Wildman–Crippen LogP) is -0.0997. The van der Waals surface area contributed by atoms with Crippen LogP contribution in [0.3, 0.4) is 0 Å². The maximum atomic E-state index is 11.8. The fourth-order valence-corrected chi connectivity index (χ4v) is 2.24. The van der Waals surface area contributed by atoms with E-state index in [1.54, 1.807) is 19.1 Å². The SMILES string of the molecule is C[C@H](N)C(=O)NCc1ccc(S(=O)(=O)N(C)C)cc1. The van der Waals surface area contributed by atoms with Gasteiger partial charge < -0.3 is 11.1 Å². The number of rotatable bonds is 5. The summed E-state index contributed by atoms with van der Waals surface area (Å²) in [4.78, 5) is 11.5. The fraction of sp³-hybridized carbons (Fsp3) is 0.417. The molecular weight excluding hydrogens is 266 g/mol. The zero-order chi connectivity index (χ0) is 14.6. The molecule has 106 valence electrons. The fourth-order valence-electron chi connectivity index (χ4n) is 1.34. The molecule has 0 unspecified atom stereocenters. The van der Waals surface area contributed by atoms with Gasteiger partial charge in [-0.25, -0.2) is 12.7 Å². The molecule has 0 aliphatic heterocycles. The van der Waals surface area contributed by atoms with Gasteiger partial charge in [-0.1, -0.05) is 12.1 Å². The average molecular weight is 285 g/mol. The van der Waals surface area contributed by atoms with Crippen molar-refractivity contribution in [2.24, 2.45) is 5.73 Å². The van der Waals surface area contributed by atoms with Crippen molar-refractivity contribution in [3.05, 3.63) is 29.8 Å². The molecule has 0 aliphatic carbocycles. The summed E-state index contributed by atoms with van der Waals surface area (Å²) in [6.45, 7) is 1.92. The lowest BCUT2D eigenvalue weighted by molar-refractivity contribution is -0.122. The van der Waals surface area contributed by atoms with E-state index in [-0.39, 0.29) is 10.8 Å². The van der Waals surface area contributed by atoms with E-state index in [1.807, 2.05) is 0 Å². The third kappa shape index (κ3) is 4.02. The van der Waals surface area contributed by atoms with Crippen LogP contribution in [0.15, 0.2) is 29.2 Å². The van der Waals surface area contributed by atoms with E-state index in [2.05, 4.69) is 5.32 Å². The maximum absolute atomic E-state index is 11.8. The topological polar surface area (TPSA) is 92.5 Å². The molecule has 3 N–H and O–H groups in total.